The summed E-state index contributed by atoms with van der Waals surface area (Å²) in [6, 6.07) is 5.36. The minimum atomic E-state index is -3.51. The number of carbonyl (C=O) groups excluding carboxylic acids is 1. The van der Waals surface area contributed by atoms with Crippen LogP contribution in [0.2, 0.25) is 0 Å². The second-order valence-corrected chi connectivity index (χ2v) is 8.02. The van der Waals surface area contributed by atoms with E-state index < -0.39 is 20.4 Å². The number of nitrogens with one attached hydrogen (secondary N) is 1. The molecule has 0 bridgehead atoms. The highest BCUT2D eigenvalue weighted by Crippen LogP contribution is 2.29. The van der Waals surface area contributed by atoms with Gasteiger partial charge in [0.2, 0.25) is 0 Å². The van der Waals surface area contributed by atoms with Gasteiger partial charge in [0.1, 0.15) is 10.5 Å². The maximum atomic E-state index is 12.6. The Labute approximate surface area is 124 Å². The van der Waals surface area contributed by atoms with Gasteiger partial charge < -0.3 is 9.72 Å². The van der Waals surface area contributed by atoms with Crippen LogP contribution in [0.15, 0.2) is 24.4 Å². The number of aromatic amines is 1. The zero-order valence-corrected chi connectivity index (χ0v) is 13.4. The van der Waals surface area contributed by atoms with E-state index in [4.69, 9.17) is 4.74 Å². The first-order valence-corrected chi connectivity index (χ1v) is 8.56. The summed E-state index contributed by atoms with van der Waals surface area (Å²) >= 11 is 0. The summed E-state index contributed by atoms with van der Waals surface area (Å²) in [5.41, 5.74) is 1.13. The van der Waals surface area contributed by atoms with Crippen molar-refractivity contribution in [3.63, 3.8) is 0 Å². The van der Waals surface area contributed by atoms with Crippen LogP contribution in [0.3, 0.4) is 0 Å². The fraction of sp³-hybridized carbons (Fsp3) is 0.400. The van der Waals surface area contributed by atoms with E-state index in [1.165, 1.54) is 13.8 Å². The van der Waals surface area contributed by atoms with Crippen LogP contribution in [0, 0.1) is 0 Å². The average molecular weight is 309 g/mol. The monoisotopic (exact) mass is 309 g/mol. The number of aromatic nitrogens is 1. The van der Waals surface area contributed by atoms with Gasteiger partial charge in [0.15, 0.2) is 15.6 Å². The van der Waals surface area contributed by atoms with E-state index >= 15 is 0 Å². The molecule has 0 atom stereocenters. The maximum absolute atomic E-state index is 12.6. The molecular formula is C15H19NO4S. The predicted molar refractivity (Wildman–Crippen MR) is 82.7 cm³/mol. The molecule has 2 aromatic rings. The van der Waals surface area contributed by atoms with Gasteiger partial charge in [-0.2, -0.15) is 0 Å². The third-order valence-electron chi connectivity index (χ3n) is 3.68. The van der Waals surface area contributed by atoms with E-state index in [9.17, 15) is 13.2 Å². The third kappa shape index (κ3) is 2.68. The number of Topliss-reactive ketones (excluding diaryl/α,β-unsaturated/α-hetero) is 1. The Balaban J connectivity index is 2.56. The Morgan fingerprint density at radius 1 is 1.33 bits per heavy atom. The molecule has 0 saturated heterocycles. The molecule has 0 radical (unpaired) electrons. The predicted octanol–water partition coefficient (Wildman–Crippen LogP) is 2.57. The van der Waals surface area contributed by atoms with Crippen LogP contribution in [0.4, 0.5) is 0 Å². The molecular weight excluding hydrogens is 290 g/mol. The van der Waals surface area contributed by atoms with Crippen molar-refractivity contribution in [1.82, 2.24) is 4.98 Å². The van der Waals surface area contributed by atoms with Crippen molar-refractivity contribution >= 4 is 26.5 Å². The lowest BCUT2D eigenvalue weighted by molar-refractivity contribution is 0.0956. The van der Waals surface area contributed by atoms with Crippen LogP contribution in [0.25, 0.3) is 10.9 Å². The number of benzene rings is 1. The highest BCUT2D eigenvalue weighted by atomic mass is 32.2. The second-order valence-electron chi connectivity index (χ2n) is 5.45. The molecule has 1 aromatic carbocycles. The van der Waals surface area contributed by atoms with Crippen molar-refractivity contribution in [1.29, 1.82) is 0 Å². The fourth-order valence-electron chi connectivity index (χ4n) is 2.04. The first-order chi connectivity index (χ1) is 9.68. The number of carbonyl (C=O) groups is 1. The van der Waals surface area contributed by atoms with Crippen LogP contribution in [-0.4, -0.2) is 36.8 Å². The lowest BCUT2D eigenvalue weighted by Crippen LogP contribution is -2.39. The average Bonchev–Trinajstić information content (AvgIpc) is 2.79. The number of rotatable bonds is 5. The standard InChI is InChI=1S/C15H19NO4S/c1-5-20-10-6-7-13-11(8-10)12(9-16-13)14(17)15(2,3)21(4,18)19/h6-9,16H,5H2,1-4H3. The van der Waals surface area contributed by atoms with E-state index in [1.807, 2.05) is 13.0 Å². The Hall–Kier alpha value is -1.82. The van der Waals surface area contributed by atoms with Crippen molar-refractivity contribution in [3.8, 4) is 5.75 Å². The molecule has 0 fully saturated rings. The summed E-state index contributed by atoms with van der Waals surface area (Å²) in [6.45, 7) is 5.25. The molecule has 0 aliphatic rings. The van der Waals surface area contributed by atoms with E-state index in [0.29, 0.717) is 23.3 Å². The number of ketones is 1. The molecule has 114 valence electrons. The fourth-order valence-corrected chi connectivity index (χ4v) is 2.48. The van der Waals surface area contributed by atoms with Gasteiger partial charge in [0.25, 0.3) is 0 Å². The Morgan fingerprint density at radius 3 is 2.57 bits per heavy atom. The minimum absolute atomic E-state index is 0.363. The highest BCUT2D eigenvalue weighted by Gasteiger charge is 2.39. The summed E-state index contributed by atoms with van der Waals surface area (Å²) in [4.78, 5) is 15.6. The summed E-state index contributed by atoms with van der Waals surface area (Å²) in [6.07, 6.45) is 2.63. The lowest BCUT2D eigenvalue weighted by Gasteiger charge is -2.20. The first kappa shape index (κ1) is 15.6. The van der Waals surface area contributed by atoms with Crippen molar-refractivity contribution in [2.45, 2.75) is 25.5 Å². The molecule has 1 aromatic heterocycles. The Morgan fingerprint density at radius 2 is 2.00 bits per heavy atom. The topological polar surface area (TPSA) is 76.2 Å². The van der Waals surface area contributed by atoms with E-state index in [0.717, 1.165) is 11.8 Å². The van der Waals surface area contributed by atoms with Crippen LogP contribution >= 0.6 is 0 Å². The van der Waals surface area contributed by atoms with Gasteiger partial charge in [-0.1, -0.05) is 0 Å². The first-order valence-electron chi connectivity index (χ1n) is 6.67. The second kappa shape index (κ2) is 5.18. The summed E-state index contributed by atoms with van der Waals surface area (Å²) in [7, 11) is -3.51. The van der Waals surface area contributed by atoms with Gasteiger partial charge >= 0.3 is 0 Å². The molecule has 0 spiro atoms. The van der Waals surface area contributed by atoms with Crippen LogP contribution < -0.4 is 4.74 Å². The largest absolute Gasteiger partial charge is 0.494 e. The van der Waals surface area contributed by atoms with Gasteiger partial charge in [0, 0.05) is 28.9 Å². The van der Waals surface area contributed by atoms with Crippen molar-refractivity contribution in [3.05, 3.63) is 30.0 Å². The number of sulfone groups is 1. The zero-order valence-electron chi connectivity index (χ0n) is 12.6. The number of fused-ring (bicyclic) bond motifs is 1. The zero-order chi connectivity index (χ0) is 15.8. The molecule has 2 rings (SSSR count). The third-order valence-corrected chi connectivity index (χ3v) is 5.72. The summed E-state index contributed by atoms with van der Waals surface area (Å²) < 4.78 is 27.6. The van der Waals surface area contributed by atoms with Crippen molar-refractivity contribution < 1.29 is 17.9 Å². The van der Waals surface area contributed by atoms with Gasteiger partial charge in [0.05, 0.1) is 6.61 Å². The van der Waals surface area contributed by atoms with Gasteiger partial charge in [-0.15, -0.1) is 0 Å². The molecule has 6 heteroatoms. The van der Waals surface area contributed by atoms with Crippen molar-refractivity contribution in [2.24, 2.45) is 0 Å². The van der Waals surface area contributed by atoms with Gasteiger partial charge in [-0.25, -0.2) is 8.42 Å². The molecule has 0 aliphatic carbocycles. The number of hydrogen-bond acceptors (Lipinski definition) is 4. The van der Waals surface area contributed by atoms with Gasteiger partial charge in [-0.05, 0) is 39.0 Å². The maximum Gasteiger partial charge on any atom is 0.185 e. The summed E-state index contributed by atoms with van der Waals surface area (Å²) in [5.74, 6) is 0.223. The molecule has 0 aliphatic heterocycles. The highest BCUT2D eigenvalue weighted by molar-refractivity contribution is 7.92. The number of hydrogen-bond donors (Lipinski definition) is 1. The molecule has 0 saturated carbocycles. The van der Waals surface area contributed by atoms with Crippen LogP contribution in [-0.2, 0) is 9.84 Å². The Kier molecular flexibility index (Phi) is 3.84. The smallest absolute Gasteiger partial charge is 0.185 e. The van der Waals surface area contributed by atoms with Crippen LogP contribution in [0.1, 0.15) is 31.1 Å². The summed E-state index contributed by atoms with van der Waals surface area (Å²) in [5, 5.41) is 0.669. The van der Waals surface area contributed by atoms with Crippen molar-refractivity contribution in [2.75, 3.05) is 12.9 Å². The normalized spacial score (nSPS) is 12.6. The molecule has 0 amide bonds. The molecule has 21 heavy (non-hydrogen) atoms. The van der Waals surface area contributed by atoms with E-state index in [-0.39, 0.29) is 0 Å². The molecule has 5 nitrogen and oxygen atoms in total. The molecule has 1 heterocycles. The Bertz CT molecular complexity index is 787. The minimum Gasteiger partial charge on any atom is -0.494 e. The van der Waals surface area contributed by atoms with E-state index in [1.54, 1.807) is 18.3 Å². The SMILES string of the molecule is CCOc1ccc2[nH]cc(C(=O)C(C)(C)S(C)(=O)=O)c2c1. The van der Waals surface area contributed by atoms with Gasteiger partial charge in [-0.3, -0.25) is 4.79 Å². The number of ether oxygens (including phenoxy) is 1. The number of H-pyrrole nitrogens is 1. The molecule has 1 N–H and O–H groups in total. The van der Waals surface area contributed by atoms with Crippen LogP contribution in [0.5, 0.6) is 5.75 Å². The lowest BCUT2D eigenvalue weighted by atomic mass is 9.99. The quantitative estimate of drug-likeness (QED) is 0.861. The van der Waals surface area contributed by atoms with E-state index in [2.05, 4.69) is 4.98 Å². The molecule has 0 unspecified atom stereocenters.